The molecule has 0 saturated carbocycles. The highest BCUT2D eigenvalue weighted by Gasteiger charge is 2.30. The first-order chi connectivity index (χ1) is 16.0. The van der Waals surface area contributed by atoms with Crippen LogP contribution in [0.25, 0.3) is 11.0 Å². The van der Waals surface area contributed by atoms with E-state index < -0.39 is 5.97 Å². The fourth-order valence-corrected chi connectivity index (χ4v) is 4.85. The number of carboxylic acid groups (broad SMARTS) is 1. The van der Waals surface area contributed by atoms with Crippen molar-refractivity contribution in [3.63, 3.8) is 0 Å². The second-order valence-corrected chi connectivity index (χ2v) is 8.51. The van der Waals surface area contributed by atoms with Gasteiger partial charge in [-0.25, -0.2) is 4.39 Å². The Morgan fingerprint density at radius 3 is 2.70 bits per heavy atom. The van der Waals surface area contributed by atoms with E-state index in [1.54, 1.807) is 12.1 Å². The number of ether oxygens (including phenoxy) is 1. The molecule has 33 heavy (non-hydrogen) atoms. The van der Waals surface area contributed by atoms with Crippen molar-refractivity contribution < 1.29 is 23.4 Å². The number of carbonyl (C=O) groups is 1. The van der Waals surface area contributed by atoms with E-state index in [1.807, 2.05) is 17.0 Å². The van der Waals surface area contributed by atoms with Crippen LogP contribution in [0.15, 0.2) is 51.7 Å². The number of nitrogens with zero attached hydrogens (tertiary/aromatic N) is 2. The predicted molar refractivity (Wildman–Crippen MR) is 123 cm³/mol. The van der Waals surface area contributed by atoms with Crippen LogP contribution in [0, 0.1) is 5.82 Å². The lowest BCUT2D eigenvalue weighted by Gasteiger charge is -2.29. The molecule has 2 aliphatic rings. The van der Waals surface area contributed by atoms with Gasteiger partial charge in [0.25, 0.3) is 0 Å². The monoisotopic (exact) mass is 452 g/mol. The molecular weight excluding hydrogens is 427 g/mol. The Morgan fingerprint density at radius 2 is 1.94 bits per heavy atom. The van der Waals surface area contributed by atoms with Gasteiger partial charge in [0.2, 0.25) is 0 Å². The maximum Gasteiger partial charge on any atom is 0.307 e. The second kappa shape index (κ2) is 8.86. The molecule has 3 aromatic rings. The number of halogens is 1. The average molecular weight is 452 g/mol. The summed E-state index contributed by atoms with van der Waals surface area (Å²) in [7, 11) is 0. The number of carboxylic acids is 1. The highest BCUT2D eigenvalue weighted by atomic mass is 19.1. The molecule has 2 aliphatic heterocycles. The summed E-state index contributed by atoms with van der Waals surface area (Å²) in [5, 5.41) is 9.73. The molecule has 0 aliphatic carbocycles. The molecule has 0 spiro atoms. The van der Waals surface area contributed by atoms with Gasteiger partial charge in [-0.2, -0.15) is 0 Å². The van der Waals surface area contributed by atoms with Crippen molar-refractivity contribution in [3.05, 3.63) is 69.6 Å². The third-order valence-electron chi connectivity index (χ3n) is 6.33. The molecule has 8 heteroatoms. The lowest BCUT2D eigenvalue weighted by atomic mass is 9.96. The van der Waals surface area contributed by atoms with Crippen molar-refractivity contribution in [2.24, 2.45) is 0 Å². The van der Waals surface area contributed by atoms with Crippen LogP contribution >= 0.6 is 0 Å². The third kappa shape index (κ3) is 4.30. The van der Waals surface area contributed by atoms with E-state index in [2.05, 4.69) is 4.90 Å². The smallest absolute Gasteiger partial charge is 0.307 e. The van der Waals surface area contributed by atoms with Gasteiger partial charge in [0.15, 0.2) is 11.3 Å². The Bertz CT molecular complexity index is 1250. The summed E-state index contributed by atoms with van der Waals surface area (Å²) >= 11 is 0. The van der Waals surface area contributed by atoms with Gasteiger partial charge in [-0.05, 0) is 48.7 Å². The lowest BCUT2D eigenvalue weighted by molar-refractivity contribution is -0.136. The van der Waals surface area contributed by atoms with Crippen LogP contribution in [-0.4, -0.2) is 43.9 Å². The van der Waals surface area contributed by atoms with E-state index in [0.29, 0.717) is 48.7 Å². The minimum atomic E-state index is -0.969. The van der Waals surface area contributed by atoms with Gasteiger partial charge < -0.3 is 24.1 Å². The molecule has 2 saturated heterocycles. The fourth-order valence-electron chi connectivity index (χ4n) is 4.85. The van der Waals surface area contributed by atoms with Crippen molar-refractivity contribution in [3.8, 4) is 0 Å². The van der Waals surface area contributed by atoms with E-state index in [1.165, 1.54) is 18.2 Å². The molecule has 0 amide bonds. The number of hydrogen-bond donors (Lipinski definition) is 1. The Kier molecular flexibility index (Phi) is 5.76. The first-order valence-electron chi connectivity index (χ1n) is 11.2. The zero-order chi connectivity index (χ0) is 22.9. The lowest BCUT2D eigenvalue weighted by Crippen LogP contribution is -2.36. The van der Waals surface area contributed by atoms with Crippen LogP contribution in [0.4, 0.5) is 16.0 Å². The van der Waals surface area contributed by atoms with E-state index in [9.17, 15) is 19.1 Å². The maximum atomic E-state index is 14.0. The van der Waals surface area contributed by atoms with Crippen LogP contribution in [0.5, 0.6) is 0 Å². The average Bonchev–Trinajstić information content (AvgIpc) is 3.29. The van der Waals surface area contributed by atoms with Crippen molar-refractivity contribution in [1.82, 2.24) is 0 Å². The number of morpholine rings is 1. The van der Waals surface area contributed by atoms with Gasteiger partial charge in [0.1, 0.15) is 11.4 Å². The van der Waals surface area contributed by atoms with Gasteiger partial charge in [-0.3, -0.25) is 9.59 Å². The highest BCUT2D eigenvalue weighted by Crippen LogP contribution is 2.40. The van der Waals surface area contributed by atoms with Crippen molar-refractivity contribution in [2.45, 2.75) is 25.3 Å². The molecule has 1 atom stereocenters. The third-order valence-corrected chi connectivity index (χ3v) is 6.33. The van der Waals surface area contributed by atoms with Gasteiger partial charge in [-0.1, -0.05) is 6.07 Å². The molecule has 7 nitrogen and oxygen atoms in total. The summed E-state index contributed by atoms with van der Waals surface area (Å²) in [6, 6.07) is 11.2. The Balaban J connectivity index is 1.66. The zero-order valence-corrected chi connectivity index (χ0v) is 18.1. The summed E-state index contributed by atoms with van der Waals surface area (Å²) in [4.78, 5) is 28.6. The largest absolute Gasteiger partial charge is 0.481 e. The van der Waals surface area contributed by atoms with E-state index in [0.717, 1.165) is 30.6 Å². The molecule has 1 aromatic heterocycles. The van der Waals surface area contributed by atoms with Crippen LogP contribution in [-0.2, 0) is 16.0 Å². The van der Waals surface area contributed by atoms with E-state index in [-0.39, 0.29) is 23.7 Å². The number of fused-ring (bicyclic) bond motifs is 1. The molecular formula is C25H25FN2O5. The number of benzene rings is 2. The molecule has 0 bridgehead atoms. The second-order valence-electron chi connectivity index (χ2n) is 8.51. The van der Waals surface area contributed by atoms with Gasteiger partial charge in [0.05, 0.1) is 31.1 Å². The maximum absolute atomic E-state index is 14.0. The van der Waals surface area contributed by atoms with Crippen LogP contribution in [0.3, 0.4) is 0 Å². The Hall–Kier alpha value is -3.39. The topological polar surface area (TPSA) is 83.2 Å². The molecule has 3 heterocycles. The summed E-state index contributed by atoms with van der Waals surface area (Å²) in [5.41, 5.74) is 2.31. The molecule has 2 fully saturated rings. The van der Waals surface area contributed by atoms with Crippen molar-refractivity contribution in [2.75, 3.05) is 42.6 Å². The van der Waals surface area contributed by atoms with Crippen LogP contribution in [0.1, 0.15) is 30.0 Å². The number of hydrogen-bond acceptors (Lipinski definition) is 6. The van der Waals surface area contributed by atoms with Gasteiger partial charge >= 0.3 is 5.97 Å². The summed E-state index contributed by atoms with van der Waals surface area (Å²) in [5.74, 6) is -0.801. The molecule has 1 N–H and O–H groups in total. The first kappa shape index (κ1) is 21.5. The van der Waals surface area contributed by atoms with Gasteiger partial charge in [-0.15, -0.1) is 0 Å². The van der Waals surface area contributed by atoms with Crippen molar-refractivity contribution in [1.29, 1.82) is 0 Å². The number of anilines is 2. The Labute approximate surface area is 190 Å². The fraction of sp³-hybridized carbons (Fsp3) is 0.360. The molecule has 172 valence electrons. The predicted octanol–water partition coefficient (Wildman–Crippen LogP) is 3.74. The van der Waals surface area contributed by atoms with E-state index in [4.69, 9.17) is 9.15 Å². The quantitative estimate of drug-likeness (QED) is 0.631. The van der Waals surface area contributed by atoms with E-state index >= 15 is 0 Å². The highest BCUT2D eigenvalue weighted by molar-refractivity contribution is 5.84. The molecule has 2 aromatic carbocycles. The normalized spacial score (nSPS) is 18.8. The number of aliphatic carboxylic acids is 1. The van der Waals surface area contributed by atoms with Crippen LogP contribution < -0.4 is 15.2 Å². The summed E-state index contributed by atoms with van der Waals surface area (Å²) < 4.78 is 25.7. The summed E-state index contributed by atoms with van der Waals surface area (Å²) in [6.07, 6.45) is 1.48. The van der Waals surface area contributed by atoms with Gasteiger partial charge in [0, 0.05) is 37.0 Å². The number of rotatable bonds is 5. The molecule has 5 rings (SSSR count). The minimum absolute atomic E-state index is 0.161. The zero-order valence-electron chi connectivity index (χ0n) is 18.1. The molecule has 0 radical (unpaired) electrons. The molecule has 1 unspecified atom stereocenters. The van der Waals surface area contributed by atoms with Crippen LogP contribution in [0.2, 0.25) is 0 Å². The minimum Gasteiger partial charge on any atom is -0.481 e. The Morgan fingerprint density at radius 1 is 1.12 bits per heavy atom. The standard InChI is InChI=1S/C25H25FN2O5/c26-17-3-1-4-18(14-17)28-6-2-5-21(28)19-11-16(13-24(30)31)12-20-22(29)15-23(33-25(19)20)27-7-9-32-10-8-27/h1,3-4,11-12,14-15,21H,2,5-10,13H2,(H,30,31). The SMILES string of the molecule is O=C(O)Cc1cc(C2CCCN2c2cccc(F)c2)c2oc(N3CCOCC3)cc(=O)c2c1. The first-order valence-corrected chi connectivity index (χ1v) is 11.2. The summed E-state index contributed by atoms with van der Waals surface area (Å²) in [6.45, 7) is 3.09. The van der Waals surface area contributed by atoms with Crippen molar-refractivity contribution >= 4 is 28.5 Å².